The molecule has 10 unspecified atom stereocenters. The number of carbonyl (C=O) groups excluding carboxylic acids is 1. The quantitative estimate of drug-likeness (QED) is 0.546. The van der Waals surface area contributed by atoms with E-state index in [9.17, 15) is 15.0 Å². The minimum Gasteiger partial charge on any atom is -0.462 e. The Kier molecular flexibility index (Phi) is 4.42. The first-order valence-electron chi connectivity index (χ1n) is 12.0. The van der Waals surface area contributed by atoms with Gasteiger partial charge >= 0.3 is 5.97 Å². The van der Waals surface area contributed by atoms with Gasteiger partial charge in [-0.1, -0.05) is 27.4 Å². The Hall–Kier alpha value is -0.910. The van der Waals surface area contributed by atoms with Crippen molar-refractivity contribution in [2.45, 2.75) is 84.2 Å². The van der Waals surface area contributed by atoms with Crippen molar-refractivity contribution in [2.24, 2.45) is 39.9 Å². The number of rotatable bonds is 3. The number of ether oxygens (including phenoxy) is 1. The molecule has 0 aromatic carbocycles. The normalized spacial score (nSPS) is 53.0. The first-order valence-corrected chi connectivity index (χ1v) is 12.0. The van der Waals surface area contributed by atoms with Gasteiger partial charge in [-0.15, -0.1) is 0 Å². The van der Waals surface area contributed by atoms with Gasteiger partial charge < -0.3 is 19.8 Å². The van der Waals surface area contributed by atoms with E-state index >= 15 is 0 Å². The molecule has 2 N–H and O–H groups in total. The van der Waals surface area contributed by atoms with Crippen LogP contribution in [0.2, 0.25) is 0 Å². The Morgan fingerprint density at radius 2 is 1.97 bits per heavy atom. The lowest BCUT2D eigenvalue weighted by Crippen LogP contribution is -2.70. The first kappa shape index (κ1) is 21.0. The standard InChI is InChI=1S/C25H39NO4/c1-7-26(6)21-16-12-17-23(4,5)10-9-18(28)25(17,21)20-19(30-14(3)27)15-8-11-24(16,20)22(29)13(15)2/h15-22,28-29H,2,7-12H2,1,3-6H3. The van der Waals surface area contributed by atoms with Gasteiger partial charge in [-0.05, 0) is 68.5 Å². The number of esters is 1. The van der Waals surface area contributed by atoms with E-state index in [4.69, 9.17) is 4.74 Å². The fraction of sp³-hybridized carbons (Fsp3) is 0.880. The van der Waals surface area contributed by atoms with Crippen LogP contribution in [0.3, 0.4) is 0 Å². The second-order valence-corrected chi connectivity index (χ2v) is 11.7. The Bertz CT molecular complexity index is 779. The second kappa shape index (κ2) is 6.32. The molecule has 10 atom stereocenters. The molecule has 0 amide bonds. The molecule has 6 fully saturated rings. The van der Waals surface area contributed by atoms with Crippen molar-refractivity contribution >= 4 is 5.97 Å². The summed E-state index contributed by atoms with van der Waals surface area (Å²) in [4.78, 5) is 14.6. The van der Waals surface area contributed by atoms with Gasteiger partial charge in [-0.25, -0.2) is 0 Å². The van der Waals surface area contributed by atoms with Gasteiger partial charge in [0.1, 0.15) is 6.10 Å². The van der Waals surface area contributed by atoms with Crippen LogP contribution in [0, 0.1) is 39.9 Å². The van der Waals surface area contributed by atoms with Gasteiger partial charge in [0.05, 0.1) is 12.2 Å². The number of hydrogen-bond donors (Lipinski definition) is 2. The van der Waals surface area contributed by atoms with Crippen molar-refractivity contribution in [3.63, 3.8) is 0 Å². The highest BCUT2D eigenvalue weighted by Crippen LogP contribution is 2.82. The number of aliphatic hydroxyl groups is 2. The molecule has 0 saturated heterocycles. The molecular formula is C25H39NO4. The molecular weight excluding hydrogens is 378 g/mol. The van der Waals surface area contributed by atoms with E-state index in [0.717, 1.165) is 44.2 Å². The molecule has 5 heteroatoms. The summed E-state index contributed by atoms with van der Waals surface area (Å²) in [5.74, 6) is 0.382. The zero-order valence-electron chi connectivity index (χ0n) is 19.2. The number of nitrogens with zero attached hydrogens (tertiary/aromatic N) is 1. The topological polar surface area (TPSA) is 70.0 Å². The minimum atomic E-state index is -0.566. The molecule has 30 heavy (non-hydrogen) atoms. The van der Waals surface area contributed by atoms with E-state index in [0.29, 0.717) is 5.92 Å². The molecule has 0 radical (unpaired) electrons. The third-order valence-corrected chi connectivity index (χ3v) is 10.6. The summed E-state index contributed by atoms with van der Waals surface area (Å²) >= 11 is 0. The lowest BCUT2D eigenvalue weighted by atomic mass is 9.39. The summed E-state index contributed by atoms with van der Waals surface area (Å²) in [5, 5.41) is 23.4. The van der Waals surface area contributed by atoms with Crippen LogP contribution in [0.4, 0.5) is 0 Å². The molecule has 2 spiro atoms. The van der Waals surface area contributed by atoms with Gasteiger partial charge in [0.2, 0.25) is 0 Å². The van der Waals surface area contributed by atoms with Crippen LogP contribution < -0.4 is 0 Å². The Balaban J connectivity index is 1.77. The number of aliphatic hydroxyl groups excluding tert-OH is 2. The zero-order valence-corrected chi connectivity index (χ0v) is 19.2. The van der Waals surface area contributed by atoms with Crippen molar-refractivity contribution in [1.82, 2.24) is 4.90 Å². The average Bonchev–Trinajstić information content (AvgIpc) is 3.18. The van der Waals surface area contributed by atoms with E-state index < -0.39 is 12.2 Å². The van der Waals surface area contributed by atoms with Crippen molar-refractivity contribution in [2.75, 3.05) is 13.6 Å². The molecule has 6 aliphatic carbocycles. The van der Waals surface area contributed by atoms with Gasteiger partial charge in [0, 0.05) is 35.6 Å². The minimum absolute atomic E-state index is 0.00466. The smallest absolute Gasteiger partial charge is 0.302 e. The molecule has 5 nitrogen and oxygen atoms in total. The summed E-state index contributed by atoms with van der Waals surface area (Å²) in [7, 11) is 2.18. The SMILES string of the molecule is C=C1C2CCC3(C1O)C1CC4C(C)(C)CCC(O)C4(C1N(C)CC)C3C2OC(C)=O. The van der Waals surface area contributed by atoms with Gasteiger partial charge in [-0.3, -0.25) is 4.79 Å². The van der Waals surface area contributed by atoms with Crippen molar-refractivity contribution in [3.8, 4) is 0 Å². The van der Waals surface area contributed by atoms with Crippen molar-refractivity contribution < 1.29 is 19.7 Å². The van der Waals surface area contributed by atoms with E-state index in [1.807, 2.05) is 0 Å². The van der Waals surface area contributed by atoms with Crippen LogP contribution in [-0.2, 0) is 9.53 Å². The Labute approximate surface area is 180 Å². The van der Waals surface area contributed by atoms with Crippen LogP contribution in [-0.4, -0.2) is 59.0 Å². The van der Waals surface area contributed by atoms with Crippen LogP contribution in [0.1, 0.15) is 59.8 Å². The highest BCUT2D eigenvalue weighted by Gasteiger charge is 2.84. The summed E-state index contributed by atoms with van der Waals surface area (Å²) in [6.45, 7) is 13.6. The second-order valence-electron chi connectivity index (χ2n) is 11.7. The third-order valence-electron chi connectivity index (χ3n) is 10.6. The van der Waals surface area contributed by atoms with E-state index in [2.05, 4.69) is 39.3 Å². The molecule has 4 bridgehead atoms. The molecule has 0 aliphatic heterocycles. The van der Waals surface area contributed by atoms with Crippen molar-refractivity contribution in [1.29, 1.82) is 0 Å². The van der Waals surface area contributed by atoms with Gasteiger partial charge in [0.25, 0.3) is 0 Å². The van der Waals surface area contributed by atoms with Crippen LogP contribution in [0.25, 0.3) is 0 Å². The third kappa shape index (κ3) is 2.13. The highest BCUT2D eigenvalue weighted by atomic mass is 16.5. The molecule has 6 rings (SSSR count). The summed E-state index contributed by atoms with van der Waals surface area (Å²) in [6.07, 6.45) is 3.43. The predicted octanol–water partition coefficient (Wildman–Crippen LogP) is 3.00. The monoisotopic (exact) mass is 417 g/mol. The fourth-order valence-electron chi connectivity index (χ4n) is 9.73. The maximum absolute atomic E-state index is 12.2. The summed E-state index contributed by atoms with van der Waals surface area (Å²) < 4.78 is 6.09. The maximum Gasteiger partial charge on any atom is 0.302 e. The van der Waals surface area contributed by atoms with Crippen LogP contribution >= 0.6 is 0 Å². The summed E-state index contributed by atoms with van der Waals surface area (Å²) in [6, 6.07) is 0.199. The van der Waals surface area contributed by atoms with Crippen LogP contribution in [0.5, 0.6) is 0 Å². The molecule has 0 aromatic heterocycles. The van der Waals surface area contributed by atoms with E-state index in [1.165, 1.54) is 6.92 Å². The molecule has 0 heterocycles. The van der Waals surface area contributed by atoms with Gasteiger partial charge in [0.15, 0.2) is 0 Å². The maximum atomic E-state index is 12.2. The van der Waals surface area contributed by atoms with Crippen molar-refractivity contribution in [3.05, 3.63) is 12.2 Å². The molecule has 168 valence electrons. The fourth-order valence-corrected chi connectivity index (χ4v) is 9.73. The number of carbonyl (C=O) groups is 1. The lowest BCUT2D eigenvalue weighted by molar-refractivity contribution is -0.248. The highest BCUT2D eigenvalue weighted by molar-refractivity contribution is 5.66. The Morgan fingerprint density at radius 3 is 2.60 bits per heavy atom. The first-order chi connectivity index (χ1) is 14.0. The van der Waals surface area contributed by atoms with E-state index in [-0.39, 0.29) is 52.1 Å². The lowest BCUT2D eigenvalue weighted by Gasteiger charge is -2.67. The van der Waals surface area contributed by atoms with E-state index in [1.54, 1.807) is 0 Å². The largest absolute Gasteiger partial charge is 0.462 e. The summed E-state index contributed by atoms with van der Waals surface area (Å²) in [5.41, 5.74) is 0.288. The number of fused-ring (bicyclic) bond motifs is 3. The number of hydrogen-bond acceptors (Lipinski definition) is 5. The molecule has 6 aliphatic rings. The molecule has 6 saturated carbocycles. The van der Waals surface area contributed by atoms with Gasteiger partial charge in [-0.2, -0.15) is 0 Å². The molecule has 0 aromatic rings. The Morgan fingerprint density at radius 1 is 1.27 bits per heavy atom. The average molecular weight is 418 g/mol. The zero-order chi connectivity index (χ0) is 21.8. The van der Waals surface area contributed by atoms with Crippen LogP contribution in [0.15, 0.2) is 12.2 Å². The predicted molar refractivity (Wildman–Crippen MR) is 114 cm³/mol.